The third-order valence-electron chi connectivity index (χ3n) is 6.54. The van der Waals surface area contributed by atoms with E-state index in [1.54, 1.807) is 41.5 Å². The molecule has 2 saturated heterocycles. The Balaban J connectivity index is 1.84. The Kier molecular flexibility index (Phi) is 8.30. The van der Waals surface area contributed by atoms with Crippen LogP contribution in [0.5, 0.6) is 0 Å². The molecule has 0 saturated carbocycles. The fourth-order valence-corrected chi connectivity index (χ4v) is 4.12. The standard InChI is InChI=1S/C24H43F2N3O4/c1-21(2,3)32-19(30)28-11-9-23(7,17(25)13-28)15-27-16-24(8)10-12-29(14-18(24)26)20(31)33-22(4,5)6/h17-18,27H,9-16H2,1-8H3/t17-,18-,23-,24+/m1/s1. The van der Waals surface area contributed by atoms with E-state index in [4.69, 9.17) is 9.47 Å². The van der Waals surface area contributed by atoms with Gasteiger partial charge >= 0.3 is 12.2 Å². The van der Waals surface area contributed by atoms with Gasteiger partial charge in [0.15, 0.2) is 0 Å². The fraction of sp³-hybridized carbons (Fsp3) is 0.917. The van der Waals surface area contributed by atoms with E-state index in [0.29, 0.717) is 39.0 Å². The van der Waals surface area contributed by atoms with Crippen LogP contribution in [0.15, 0.2) is 0 Å². The molecule has 0 unspecified atom stereocenters. The molecule has 0 aromatic rings. The molecule has 0 aliphatic carbocycles. The zero-order valence-corrected chi connectivity index (χ0v) is 21.6. The second-order valence-corrected chi connectivity index (χ2v) is 12.2. The minimum absolute atomic E-state index is 0.0130. The molecule has 7 nitrogen and oxygen atoms in total. The first-order valence-electron chi connectivity index (χ1n) is 11.9. The number of likely N-dealkylation sites (tertiary alicyclic amines) is 2. The molecule has 33 heavy (non-hydrogen) atoms. The van der Waals surface area contributed by atoms with Crippen LogP contribution in [-0.4, -0.2) is 84.8 Å². The van der Waals surface area contributed by atoms with Crippen molar-refractivity contribution in [2.75, 3.05) is 39.3 Å². The molecule has 2 heterocycles. The Morgan fingerprint density at radius 2 is 1.15 bits per heavy atom. The quantitative estimate of drug-likeness (QED) is 0.646. The fourth-order valence-electron chi connectivity index (χ4n) is 4.12. The van der Waals surface area contributed by atoms with E-state index >= 15 is 8.78 Å². The summed E-state index contributed by atoms with van der Waals surface area (Å²) in [5.41, 5.74) is -2.55. The molecule has 4 atom stereocenters. The second kappa shape index (κ2) is 9.92. The predicted octanol–water partition coefficient (Wildman–Crippen LogP) is 4.55. The first kappa shape index (κ1) is 27.6. The molecule has 0 radical (unpaired) electrons. The van der Waals surface area contributed by atoms with Crippen LogP contribution < -0.4 is 5.32 Å². The van der Waals surface area contributed by atoms with Crippen LogP contribution in [0, 0.1) is 10.8 Å². The molecule has 2 fully saturated rings. The van der Waals surface area contributed by atoms with Crippen LogP contribution in [0.25, 0.3) is 0 Å². The van der Waals surface area contributed by atoms with E-state index in [9.17, 15) is 9.59 Å². The average molecular weight is 476 g/mol. The number of carbonyl (C=O) groups excluding carboxylic acids is 2. The van der Waals surface area contributed by atoms with E-state index in [-0.39, 0.29) is 13.1 Å². The van der Waals surface area contributed by atoms with Crippen molar-refractivity contribution >= 4 is 12.2 Å². The zero-order chi connectivity index (χ0) is 25.2. The van der Waals surface area contributed by atoms with Crippen LogP contribution in [0.3, 0.4) is 0 Å². The lowest BCUT2D eigenvalue weighted by Gasteiger charge is -2.45. The molecule has 0 spiro atoms. The van der Waals surface area contributed by atoms with Crippen molar-refractivity contribution in [3.8, 4) is 0 Å². The number of rotatable bonds is 4. The third kappa shape index (κ3) is 7.69. The molecular weight excluding hydrogens is 432 g/mol. The van der Waals surface area contributed by atoms with Gasteiger partial charge in [-0.3, -0.25) is 0 Å². The van der Waals surface area contributed by atoms with Gasteiger partial charge in [-0.2, -0.15) is 0 Å². The highest BCUT2D eigenvalue weighted by molar-refractivity contribution is 5.68. The predicted molar refractivity (Wildman–Crippen MR) is 124 cm³/mol. The van der Waals surface area contributed by atoms with Gasteiger partial charge in [0.1, 0.15) is 23.5 Å². The van der Waals surface area contributed by atoms with Crippen molar-refractivity contribution in [1.82, 2.24) is 15.1 Å². The largest absolute Gasteiger partial charge is 0.444 e. The van der Waals surface area contributed by atoms with Gasteiger partial charge < -0.3 is 24.6 Å². The lowest BCUT2D eigenvalue weighted by Crippen LogP contribution is -2.57. The minimum atomic E-state index is -1.21. The van der Waals surface area contributed by atoms with Crippen molar-refractivity contribution in [2.24, 2.45) is 10.8 Å². The molecule has 2 rings (SSSR count). The molecule has 192 valence electrons. The van der Waals surface area contributed by atoms with Crippen LogP contribution in [0.1, 0.15) is 68.2 Å². The smallest absolute Gasteiger partial charge is 0.410 e. The van der Waals surface area contributed by atoms with E-state index in [1.165, 1.54) is 9.80 Å². The lowest BCUT2D eigenvalue weighted by atomic mass is 9.76. The first-order valence-corrected chi connectivity index (χ1v) is 11.9. The Bertz CT molecular complexity index is 651. The lowest BCUT2D eigenvalue weighted by molar-refractivity contribution is -0.0219. The van der Waals surface area contributed by atoms with Crippen LogP contribution in [-0.2, 0) is 9.47 Å². The summed E-state index contributed by atoms with van der Waals surface area (Å²) in [5.74, 6) is 0. The van der Waals surface area contributed by atoms with Crippen molar-refractivity contribution in [3.63, 3.8) is 0 Å². The first-order chi connectivity index (χ1) is 14.9. The van der Waals surface area contributed by atoms with E-state index in [1.807, 2.05) is 13.8 Å². The molecule has 9 heteroatoms. The minimum Gasteiger partial charge on any atom is -0.444 e. The molecule has 0 bridgehead atoms. The number of halogens is 2. The van der Waals surface area contributed by atoms with Crippen molar-refractivity contribution < 1.29 is 27.8 Å². The van der Waals surface area contributed by atoms with Crippen molar-refractivity contribution in [1.29, 1.82) is 0 Å². The molecule has 1 N–H and O–H groups in total. The van der Waals surface area contributed by atoms with Crippen LogP contribution in [0.4, 0.5) is 18.4 Å². The number of hydrogen-bond donors (Lipinski definition) is 1. The Labute approximate surface area is 197 Å². The number of carbonyl (C=O) groups is 2. The monoisotopic (exact) mass is 475 g/mol. The van der Waals surface area contributed by atoms with Crippen molar-refractivity contribution in [3.05, 3.63) is 0 Å². The number of nitrogens with one attached hydrogen (secondary N) is 1. The zero-order valence-electron chi connectivity index (χ0n) is 21.6. The molecule has 0 aromatic heterocycles. The number of nitrogens with zero attached hydrogens (tertiary/aromatic N) is 2. The third-order valence-corrected chi connectivity index (χ3v) is 6.54. The number of alkyl halides is 2. The highest BCUT2D eigenvalue weighted by Gasteiger charge is 2.44. The van der Waals surface area contributed by atoms with Gasteiger partial charge in [-0.1, -0.05) is 13.8 Å². The molecule has 2 aliphatic rings. The maximum absolute atomic E-state index is 15.1. The topological polar surface area (TPSA) is 71.1 Å². The van der Waals surface area contributed by atoms with Crippen LogP contribution >= 0.6 is 0 Å². The van der Waals surface area contributed by atoms with E-state index in [2.05, 4.69) is 5.32 Å². The number of piperidine rings is 2. The number of hydrogen-bond acceptors (Lipinski definition) is 5. The average Bonchev–Trinajstić information content (AvgIpc) is 2.63. The van der Waals surface area contributed by atoms with Gasteiger partial charge in [-0.25, -0.2) is 18.4 Å². The Morgan fingerprint density at radius 1 is 0.818 bits per heavy atom. The molecule has 0 aromatic carbocycles. The van der Waals surface area contributed by atoms with Gasteiger partial charge in [0.05, 0.1) is 13.1 Å². The van der Waals surface area contributed by atoms with Gasteiger partial charge in [-0.05, 0) is 54.4 Å². The second-order valence-electron chi connectivity index (χ2n) is 12.2. The summed E-state index contributed by atoms with van der Waals surface area (Å²) in [6.07, 6.45) is -2.44. The highest BCUT2D eigenvalue weighted by atomic mass is 19.1. The summed E-state index contributed by atoms with van der Waals surface area (Å²) in [4.78, 5) is 27.4. The molecule has 2 amide bonds. The Morgan fingerprint density at radius 3 is 1.42 bits per heavy atom. The van der Waals surface area contributed by atoms with Gasteiger partial charge in [0.2, 0.25) is 0 Å². The van der Waals surface area contributed by atoms with Gasteiger partial charge in [0, 0.05) is 37.0 Å². The summed E-state index contributed by atoms with van der Waals surface area (Å²) in [5, 5.41) is 3.28. The Hall–Kier alpha value is -1.64. The maximum atomic E-state index is 15.1. The van der Waals surface area contributed by atoms with Crippen LogP contribution in [0.2, 0.25) is 0 Å². The SMILES string of the molecule is CC(C)(C)OC(=O)N1CC[C@@](C)(CNC[C@@]2(C)CCN(C(=O)OC(C)(C)C)C[C@H]2F)[C@H](F)C1. The summed E-state index contributed by atoms with van der Waals surface area (Å²) in [6, 6.07) is 0. The van der Waals surface area contributed by atoms with E-state index < -0.39 is 46.6 Å². The summed E-state index contributed by atoms with van der Waals surface area (Å²) >= 11 is 0. The normalized spacial score (nSPS) is 31.3. The van der Waals surface area contributed by atoms with Gasteiger partial charge in [0.25, 0.3) is 0 Å². The summed E-state index contributed by atoms with van der Waals surface area (Å²) in [6.45, 7) is 16.0. The van der Waals surface area contributed by atoms with E-state index in [0.717, 1.165) is 0 Å². The summed E-state index contributed by atoms with van der Waals surface area (Å²) < 4.78 is 40.8. The molecule has 2 aliphatic heterocycles. The number of ether oxygens (including phenoxy) is 2. The highest BCUT2D eigenvalue weighted by Crippen LogP contribution is 2.36. The van der Waals surface area contributed by atoms with Crippen molar-refractivity contribution in [2.45, 2.75) is 91.8 Å². The van der Waals surface area contributed by atoms with Gasteiger partial charge in [-0.15, -0.1) is 0 Å². The number of amides is 2. The summed E-state index contributed by atoms with van der Waals surface area (Å²) in [7, 11) is 0. The maximum Gasteiger partial charge on any atom is 0.410 e. The molecular formula is C24H43F2N3O4.